The predicted molar refractivity (Wildman–Crippen MR) is 116 cm³/mol. The summed E-state index contributed by atoms with van der Waals surface area (Å²) in [6.45, 7) is 3.44. The molecular formula is C23H27N3O7. The molecule has 176 valence electrons. The number of nitrogens with one attached hydrogen (secondary N) is 2. The van der Waals surface area contributed by atoms with Gasteiger partial charge in [-0.25, -0.2) is 4.79 Å². The van der Waals surface area contributed by atoms with Crippen LogP contribution in [0.15, 0.2) is 53.3 Å². The Kier molecular flexibility index (Phi) is 7.49. The van der Waals surface area contributed by atoms with Crippen molar-refractivity contribution in [3.05, 3.63) is 54.5 Å². The van der Waals surface area contributed by atoms with Crippen LogP contribution in [-0.2, 0) is 24.5 Å². The summed E-state index contributed by atoms with van der Waals surface area (Å²) < 4.78 is 15.3. The number of rotatable bonds is 9. The van der Waals surface area contributed by atoms with Gasteiger partial charge in [-0.1, -0.05) is 44.2 Å². The van der Waals surface area contributed by atoms with Crippen molar-refractivity contribution >= 4 is 23.7 Å². The number of furan rings is 1. The molecule has 2 aromatic rings. The van der Waals surface area contributed by atoms with Gasteiger partial charge in [0, 0.05) is 18.0 Å². The van der Waals surface area contributed by atoms with Gasteiger partial charge in [0.15, 0.2) is 11.5 Å². The third kappa shape index (κ3) is 5.98. The first-order chi connectivity index (χ1) is 15.7. The molecule has 1 saturated heterocycles. The van der Waals surface area contributed by atoms with Crippen LogP contribution in [0, 0.1) is 5.92 Å². The zero-order valence-electron chi connectivity index (χ0n) is 18.4. The van der Waals surface area contributed by atoms with Crippen molar-refractivity contribution in [1.82, 2.24) is 10.6 Å². The minimum absolute atomic E-state index is 0.0767. The van der Waals surface area contributed by atoms with Crippen molar-refractivity contribution in [3.63, 3.8) is 0 Å². The van der Waals surface area contributed by atoms with E-state index in [-0.39, 0.29) is 31.1 Å². The quantitative estimate of drug-likeness (QED) is 0.513. The van der Waals surface area contributed by atoms with Crippen LogP contribution in [0.2, 0.25) is 0 Å². The molecule has 10 nitrogen and oxygen atoms in total. The van der Waals surface area contributed by atoms with E-state index >= 15 is 0 Å². The molecule has 0 spiro atoms. The first-order valence-electron chi connectivity index (χ1n) is 10.4. The fourth-order valence-corrected chi connectivity index (χ4v) is 3.77. The lowest BCUT2D eigenvalue weighted by atomic mass is 9.72. The van der Waals surface area contributed by atoms with E-state index in [4.69, 9.17) is 19.6 Å². The Bertz CT molecular complexity index is 989. The number of hydrogen-bond acceptors (Lipinski definition) is 7. The zero-order chi connectivity index (χ0) is 24.0. The molecule has 1 aliphatic heterocycles. The van der Waals surface area contributed by atoms with Crippen molar-refractivity contribution in [2.75, 3.05) is 13.2 Å². The number of ether oxygens (including phenoxy) is 2. The van der Waals surface area contributed by atoms with Gasteiger partial charge < -0.3 is 30.3 Å². The smallest absolute Gasteiger partial charge is 0.412 e. The fourth-order valence-electron chi connectivity index (χ4n) is 3.77. The topological polar surface area (TPSA) is 150 Å². The second kappa shape index (κ2) is 10.3. The molecule has 1 aromatic heterocycles. The first kappa shape index (κ1) is 24.0. The van der Waals surface area contributed by atoms with Gasteiger partial charge in [-0.05, 0) is 5.56 Å². The standard InChI is InChI=1S/C23H27N3O7/c1-23(2,14-6-4-3-5-7-14)16(11-25-22(30)33-15-8-9-31-12-15)21(29)26-20-17(27)13-32-18(20)10-19(24)28/h3-9,12,16,18,20H,10-11,13H2,1-2H3,(H2,24,28)(H,25,30)(H,26,29). The molecule has 3 amide bonds. The van der Waals surface area contributed by atoms with Crippen molar-refractivity contribution < 1.29 is 33.1 Å². The molecule has 0 aliphatic carbocycles. The minimum Gasteiger partial charge on any atom is -0.469 e. The molecule has 0 bridgehead atoms. The van der Waals surface area contributed by atoms with Gasteiger partial charge in [0.1, 0.15) is 18.9 Å². The zero-order valence-corrected chi connectivity index (χ0v) is 18.4. The van der Waals surface area contributed by atoms with E-state index in [1.165, 1.54) is 18.6 Å². The second-order valence-electron chi connectivity index (χ2n) is 8.34. The lowest BCUT2D eigenvalue weighted by molar-refractivity contribution is -0.131. The largest absolute Gasteiger partial charge is 0.469 e. The summed E-state index contributed by atoms with van der Waals surface area (Å²) in [6, 6.07) is 9.79. The van der Waals surface area contributed by atoms with Gasteiger partial charge in [0.05, 0.1) is 24.7 Å². The Labute approximate surface area is 190 Å². The Balaban J connectivity index is 1.78. The van der Waals surface area contributed by atoms with Crippen molar-refractivity contribution in [2.24, 2.45) is 11.7 Å². The maximum absolute atomic E-state index is 13.4. The summed E-state index contributed by atoms with van der Waals surface area (Å²) in [6.07, 6.45) is 0.838. The molecule has 1 aromatic carbocycles. The summed E-state index contributed by atoms with van der Waals surface area (Å²) in [5, 5.41) is 5.30. The summed E-state index contributed by atoms with van der Waals surface area (Å²) in [4.78, 5) is 49.2. The third-order valence-electron chi connectivity index (χ3n) is 5.72. The number of amides is 3. The molecule has 3 atom stereocenters. The highest BCUT2D eigenvalue weighted by Gasteiger charge is 2.42. The van der Waals surface area contributed by atoms with Crippen LogP contribution in [0.4, 0.5) is 4.79 Å². The first-order valence-corrected chi connectivity index (χ1v) is 10.4. The summed E-state index contributed by atoms with van der Waals surface area (Å²) in [7, 11) is 0. The molecule has 4 N–H and O–H groups in total. The highest BCUT2D eigenvalue weighted by Crippen LogP contribution is 2.32. The van der Waals surface area contributed by atoms with E-state index in [1.54, 1.807) is 0 Å². The molecule has 3 unspecified atom stereocenters. The lowest BCUT2D eigenvalue weighted by Gasteiger charge is -2.35. The van der Waals surface area contributed by atoms with E-state index in [1.807, 2.05) is 44.2 Å². The monoisotopic (exact) mass is 457 g/mol. The van der Waals surface area contributed by atoms with Gasteiger partial charge >= 0.3 is 6.09 Å². The number of Topliss-reactive ketones (excluding diaryl/α,β-unsaturated/α-hetero) is 1. The second-order valence-corrected chi connectivity index (χ2v) is 8.34. The summed E-state index contributed by atoms with van der Waals surface area (Å²) in [5.74, 6) is -2.04. The van der Waals surface area contributed by atoms with E-state index in [2.05, 4.69) is 10.6 Å². The molecule has 10 heteroatoms. The van der Waals surface area contributed by atoms with E-state index in [0.717, 1.165) is 5.56 Å². The van der Waals surface area contributed by atoms with Crippen LogP contribution >= 0.6 is 0 Å². The Hall–Kier alpha value is -3.66. The molecule has 1 aliphatic rings. The van der Waals surface area contributed by atoms with Gasteiger partial charge in [-0.15, -0.1) is 0 Å². The number of hydrogen-bond donors (Lipinski definition) is 3. The molecule has 2 heterocycles. The predicted octanol–water partition coefficient (Wildman–Crippen LogP) is 1.29. The maximum Gasteiger partial charge on any atom is 0.412 e. The van der Waals surface area contributed by atoms with Crippen molar-refractivity contribution in [1.29, 1.82) is 0 Å². The number of ketones is 1. The van der Waals surface area contributed by atoms with Crippen LogP contribution < -0.4 is 21.1 Å². The van der Waals surface area contributed by atoms with Crippen LogP contribution in [0.3, 0.4) is 0 Å². The SMILES string of the molecule is CC(C)(c1ccccc1)C(CNC(=O)Oc1ccoc1)C(=O)NC1C(=O)COC1CC(N)=O. The number of carbonyl (C=O) groups excluding carboxylic acids is 4. The third-order valence-corrected chi connectivity index (χ3v) is 5.72. The highest BCUT2D eigenvalue weighted by molar-refractivity contribution is 5.93. The highest BCUT2D eigenvalue weighted by atomic mass is 16.6. The van der Waals surface area contributed by atoms with Gasteiger partial charge in [0.25, 0.3) is 0 Å². The van der Waals surface area contributed by atoms with Gasteiger partial charge in [-0.2, -0.15) is 0 Å². The van der Waals surface area contributed by atoms with Gasteiger partial charge in [-0.3, -0.25) is 14.4 Å². The number of benzene rings is 1. The summed E-state index contributed by atoms with van der Waals surface area (Å²) in [5.41, 5.74) is 5.36. The molecule has 33 heavy (non-hydrogen) atoms. The number of nitrogens with two attached hydrogens (primary N) is 1. The normalized spacial score (nSPS) is 19.0. The maximum atomic E-state index is 13.4. The molecule has 1 fully saturated rings. The van der Waals surface area contributed by atoms with Crippen LogP contribution in [0.25, 0.3) is 0 Å². The fraction of sp³-hybridized carbons (Fsp3) is 0.391. The van der Waals surface area contributed by atoms with Gasteiger partial charge in [0.2, 0.25) is 11.8 Å². The number of primary amides is 1. The van der Waals surface area contributed by atoms with Crippen molar-refractivity contribution in [2.45, 2.75) is 37.8 Å². The molecule has 0 saturated carbocycles. The minimum atomic E-state index is -1.00. The van der Waals surface area contributed by atoms with E-state index in [9.17, 15) is 19.2 Å². The van der Waals surface area contributed by atoms with Crippen LogP contribution in [0.1, 0.15) is 25.8 Å². The Morgan fingerprint density at radius 2 is 1.94 bits per heavy atom. The average molecular weight is 457 g/mol. The Morgan fingerprint density at radius 3 is 2.58 bits per heavy atom. The lowest BCUT2D eigenvalue weighted by Crippen LogP contribution is -2.53. The average Bonchev–Trinajstić information content (AvgIpc) is 3.39. The van der Waals surface area contributed by atoms with Crippen molar-refractivity contribution in [3.8, 4) is 5.75 Å². The van der Waals surface area contributed by atoms with E-state index < -0.39 is 41.4 Å². The molecule has 0 radical (unpaired) electrons. The van der Waals surface area contributed by atoms with E-state index in [0.29, 0.717) is 0 Å². The molecule has 3 rings (SSSR count). The van der Waals surface area contributed by atoms with Crippen LogP contribution in [0.5, 0.6) is 5.75 Å². The Morgan fingerprint density at radius 1 is 1.21 bits per heavy atom. The summed E-state index contributed by atoms with van der Waals surface area (Å²) >= 11 is 0. The number of carbonyl (C=O) groups is 4. The molecular weight excluding hydrogens is 430 g/mol. The van der Waals surface area contributed by atoms with Crippen LogP contribution in [-0.4, -0.2) is 49.0 Å².